The molecule has 1 aliphatic carbocycles. The van der Waals surface area contributed by atoms with Gasteiger partial charge in [0.05, 0.1) is 11.7 Å². The molecule has 146 valence electrons. The summed E-state index contributed by atoms with van der Waals surface area (Å²) in [5.74, 6) is 1.84. The third-order valence-electron chi connectivity index (χ3n) is 5.55. The van der Waals surface area contributed by atoms with Crippen molar-refractivity contribution < 1.29 is 4.79 Å². The molecule has 2 N–H and O–H groups in total. The molecule has 1 saturated carbocycles. The Balaban J connectivity index is 1.68. The van der Waals surface area contributed by atoms with Gasteiger partial charge in [-0.05, 0) is 31.4 Å². The number of para-hydroxylation sites is 1. The predicted molar refractivity (Wildman–Crippen MR) is 111 cm³/mol. The monoisotopic (exact) mass is 377 g/mol. The van der Waals surface area contributed by atoms with Crippen molar-refractivity contribution in [2.24, 2.45) is 5.92 Å². The molecular weight excluding hydrogens is 350 g/mol. The van der Waals surface area contributed by atoms with Gasteiger partial charge in [0.15, 0.2) is 0 Å². The molecule has 1 atom stereocenters. The first-order valence-corrected chi connectivity index (χ1v) is 9.89. The second-order valence-corrected chi connectivity index (χ2v) is 7.85. The summed E-state index contributed by atoms with van der Waals surface area (Å²) in [6.07, 6.45) is 5.83. The van der Waals surface area contributed by atoms with Crippen molar-refractivity contribution in [1.29, 1.82) is 0 Å². The van der Waals surface area contributed by atoms with Gasteiger partial charge in [-0.15, -0.1) is 0 Å². The molecule has 6 heteroatoms. The lowest BCUT2D eigenvalue weighted by molar-refractivity contribution is -0.128. The first kappa shape index (κ1) is 18.5. The zero-order chi connectivity index (χ0) is 19.7. The van der Waals surface area contributed by atoms with Crippen molar-refractivity contribution in [2.75, 3.05) is 19.0 Å². The molecule has 4 rings (SSSR count). The predicted octanol–water partition coefficient (Wildman–Crippen LogP) is 3.53. The number of anilines is 1. The van der Waals surface area contributed by atoms with E-state index < -0.39 is 0 Å². The van der Waals surface area contributed by atoms with Gasteiger partial charge in [-0.2, -0.15) is 0 Å². The van der Waals surface area contributed by atoms with Crippen LogP contribution in [0.3, 0.4) is 0 Å². The fourth-order valence-electron chi connectivity index (χ4n) is 3.69. The number of nitrogens with zero attached hydrogens (tertiary/aromatic N) is 3. The van der Waals surface area contributed by atoms with E-state index in [1.165, 1.54) is 10.9 Å². The SMILES string of the molecule is Cc1nc([C@H](Cc2c[nH]c3ccccc23)NC(=O)C2CCC2)cc(N(C)C)n1. The molecule has 2 heterocycles. The summed E-state index contributed by atoms with van der Waals surface area (Å²) < 4.78 is 0. The van der Waals surface area contributed by atoms with Crippen LogP contribution in [0.4, 0.5) is 5.82 Å². The summed E-state index contributed by atoms with van der Waals surface area (Å²) in [6.45, 7) is 1.90. The highest BCUT2D eigenvalue weighted by atomic mass is 16.2. The second kappa shape index (κ2) is 7.62. The number of H-pyrrole nitrogens is 1. The molecule has 0 radical (unpaired) electrons. The first-order chi connectivity index (χ1) is 13.5. The first-order valence-electron chi connectivity index (χ1n) is 9.89. The lowest BCUT2D eigenvalue weighted by Gasteiger charge is -2.27. The zero-order valence-electron chi connectivity index (χ0n) is 16.7. The van der Waals surface area contributed by atoms with Gasteiger partial charge >= 0.3 is 0 Å². The van der Waals surface area contributed by atoms with Crippen molar-refractivity contribution in [1.82, 2.24) is 20.3 Å². The summed E-state index contributed by atoms with van der Waals surface area (Å²) in [5.41, 5.74) is 3.14. The Morgan fingerprint density at radius 3 is 2.79 bits per heavy atom. The van der Waals surface area contributed by atoms with Crippen molar-refractivity contribution >= 4 is 22.6 Å². The number of aryl methyl sites for hydroxylation is 1. The normalized spacial score (nSPS) is 15.2. The van der Waals surface area contributed by atoms with E-state index in [4.69, 9.17) is 0 Å². The topological polar surface area (TPSA) is 73.9 Å². The number of rotatable bonds is 6. The lowest BCUT2D eigenvalue weighted by Crippen LogP contribution is -2.38. The van der Waals surface area contributed by atoms with E-state index in [1.54, 1.807) is 0 Å². The van der Waals surface area contributed by atoms with Gasteiger partial charge in [-0.1, -0.05) is 24.6 Å². The number of nitrogens with one attached hydrogen (secondary N) is 2. The molecule has 6 nitrogen and oxygen atoms in total. The molecule has 1 aromatic carbocycles. The number of carbonyl (C=O) groups is 1. The Kier molecular flexibility index (Phi) is 5.03. The lowest BCUT2D eigenvalue weighted by atomic mass is 9.84. The van der Waals surface area contributed by atoms with E-state index in [0.29, 0.717) is 12.2 Å². The maximum atomic E-state index is 12.7. The zero-order valence-corrected chi connectivity index (χ0v) is 16.7. The minimum Gasteiger partial charge on any atom is -0.363 e. The number of fused-ring (bicyclic) bond motifs is 1. The number of aromatic amines is 1. The molecule has 0 spiro atoms. The Morgan fingerprint density at radius 2 is 2.07 bits per heavy atom. The molecular formula is C22H27N5O. The minimum atomic E-state index is -0.187. The van der Waals surface area contributed by atoms with Crippen molar-refractivity contribution in [3.05, 3.63) is 53.6 Å². The third-order valence-corrected chi connectivity index (χ3v) is 5.55. The summed E-state index contributed by atoms with van der Waals surface area (Å²) >= 11 is 0. The quantitative estimate of drug-likeness (QED) is 0.689. The summed E-state index contributed by atoms with van der Waals surface area (Å²) in [5, 5.41) is 4.45. The summed E-state index contributed by atoms with van der Waals surface area (Å²) in [7, 11) is 3.93. The minimum absolute atomic E-state index is 0.138. The van der Waals surface area contributed by atoms with Crippen LogP contribution < -0.4 is 10.2 Å². The van der Waals surface area contributed by atoms with E-state index in [1.807, 2.05) is 50.3 Å². The average Bonchev–Trinajstić information content (AvgIpc) is 3.02. The van der Waals surface area contributed by atoms with Gasteiger partial charge in [0, 0.05) is 49.6 Å². The van der Waals surface area contributed by atoms with Crippen LogP contribution in [0.5, 0.6) is 0 Å². The van der Waals surface area contributed by atoms with Crippen LogP contribution >= 0.6 is 0 Å². The van der Waals surface area contributed by atoms with E-state index >= 15 is 0 Å². The number of hydrogen-bond acceptors (Lipinski definition) is 4. The molecule has 0 bridgehead atoms. The van der Waals surface area contributed by atoms with Crippen molar-refractivity contribution in [3.63, 3.8) is 0 Å². The Labute approximate surface area is 165 Å². The van der Waals surface area contributed by atoms with E-state index in [0.717, 1.165) is 36.3 Å². The van der Waals surface area contributed by atoms with Gasteiger partial charge in [-0.25, -0.2) is 9.97 Å². The Bertz CT molecular complexity index is 990. The number of carbonyl (C=O) groups excluding carboxylic acids is 1. The molecule has 0 saturated heterocycles. The number of amides is 1. The largest absolute Gasteiger partial charge is 0.363 e. The molecule has 1 amide bonds. The smallest absolute Gasteiger partial charge is 0.223 e. The fraction of sp³-hybridized carbons (Fsp3) is 0.409. The Morgan fingerprint density at radius 1 is 1.29 bits per heavy atom. The van der Waals surface area contributed by atoms with Crippen LogP contribution in [0.15, 0.2) is 36.5 Å². The highest BCUT2D eigenvalue weighted by molar-refractivity contribution is 5.83. The van der Waals surface area contributed by atoms with Crippen molar-refractivity contribution in [3.8, 4) is 0 Å². The molecule has 3 aromatic rings. The van der Waals surface area contributed by atoms with E-state index in [-0.39, 0.29) is 17.9 Å². The highest BCUT2D eigenvalue weighted by Gasteiger charge is 2.28. The van der Waals surface area contributed by atoms with Gasteiger partial charge in [0.25, 0.3) is 0 Å². The van der Waals surface area contributed by atoms with Gasteiger partial charge in [-0.3, -0.25) is 4.79 Å². The average molecular weight is 377 g/mol. The standard InChI is InChI=1S/C22H27N5O/c1-14-24-20(12-21(25-14)27(2)3)19(26-22(28)15-7-6-8-15)11-16-13-23-18-10-5-4-9-17(16)18/h4-5,9-10,12-13,15,19,23H,6-8,11H2,1-3H3,(H,26,28)/t19-/m0/s1. The van der Waals surface area contributed by atoms with Gasteiger partial charge in [0.2, 0.25) is 5.91 Å². The summed E-state index contributed by atoms with van der Waals surface area (Å²) in [4.78, 5) is 27.2. The highest BCUT2D eigenvalue weighted by Crippen LogP contribution is 2.29. The van der Waals surface area contributed by atoms with Crippen LogP contribution in [0, 0.1) is 12.8 Å². The van der Waals surface area contributed by atoms with Gasteiger partial charge in [0.1, 0.15) is 11.6 Å². The third kappa shape index (κ3) is 3.72. The van der Waals surface area contributed by atoms with Crippen LogP contribution in [0.1, 0.15) is 42.4 Å². The van der Waals surface area contributed by atoms with Crippen LogP contribution in [0.25, 0.3) is 10.9 Å². The van der Waals surface area contributed by atoms with Gasteiger partial charge < -0.3 is 15.2 Å². The summed E-state index contributed by atoms with van der Waals surface area (Å²) in [6, 6.07) is 10.0. The number of benzene rings is 1. The molecule has 1 fully saturated rings. The maximum absolute atomic E-state index is 12.7. The van der Waals surface area contributed by atoms with Crippen LogP contribution in [-0.4, -0.2) is 35.0 Å². The van der Waals surface area contributed by atoms with Crippen molar-refractivity contribution in [2.45, 2.75) is 38.6 Å². The maximum Gasteiger partial charge on any atom is 0.223 e. The van der Waals surface area contributed by atoms with E-state index in [9.17, 15) is 4.79 Å². The number of aromatic nitrogens is 3. The second-order valence-electron chi connectivity index (χ2n) is 7.85. The van der Waals surface area contributed by atoms with Crippen LogP contribution in [0.2, 0.25) is 0 Å². The van der Waals surface area contributed by atoms with E-state index in [2.05, 4.69) is 32.4 Å². The molecule has 0 aliphatic heterocycles. The molecule has 0 unspecified atom stereocenters. The number of hydrogen-bond donors (Lipinski definition) is 2. The molecule has 2 aromatic heterocycles. The molecule has 1 aliphatic rings. The fourth-order valence-corrected chi connectivity index (χ4v) is 3.69. The Hall–Kier alpha value is -2.89. The molecule has 28 heavy (non-hydrogen) atoms. The van der Waals surface area contributed by atoms with Crippen LogP contribution in [-0.2, 0) is 11.2 Å².